The van der Waals surface area contributed by atoms with E-state index in [1.54, 1.807) is 35.2 Å². The molecule has 2 rings (SSSR count). The fourth-order valence-corrected chi connectivity index (χ4v) is 3.88. The van der Waals surface area contributed by atoms with Crippen molar-refractivity contribution in [2.24, 2.45) is 16.7 Å². The van der Waals surface area contributed by atoms with Crippen LogP contribution in [-0.4, -0.2) is 71.8 Å². The first kappa shape index (κ1) is 29.7. The molecule has 0 atom stereocenters. The molecule has 204 valence electrons. The van der Waals surface area contributed by atoms with Crippen molar-refractivity contribution in [1.82, 2.24) is 25.6 Å². The first-order chi connectivity index (χ1) is 17.4. The highest BCUT2D eigenvalue weighted by atomic mass is 19.1. The van der Waals surface area contributed by atoms with Crippen molar-refractivity contribution in [1.29, 1.82) is 0 Å². The number of carbonyl (C=O) groups is 2. The van der Waals surface area contributed by atoms with Crippen LogP contribution in [0.25, 0.3) is 0 Å². The van der Waals surface area contributed by atoms with Gasteiger partial charge in [-0.3, -0.25) is 19.5 Å². The van der Waals surface area contributed by atoms with Gasteiger partial charge in [0, 0.05) is 63.1 Å². The molecule has 0 unspecified atom stereocenters. The van der Waals surface area contributed by atoms with Gasteiger partial charge in [-0.2, -0.15) is 5.10 Å². The van der Waals surface area contributed by atoms with Crippen LogP contribution in [-0.2, 0) is 16.1 Å². The second-order valence-corrected chi connectivity index (χ2v) is 9.53. The number of aryl methyl sites for hydroxylation is 1. The lowest BCUT2D eigenvalue weighted by Gasteiger charge is -2.41. The third kappa shape index (κ3) is 10.6. The summed E-state index contributed by atoms with van der Waals surface area (Å²) in [4.78, 5) is 26.0. The summed E-state index contributed by atoms with van der Waals surface area (Å²) in [6.07, 6.45) is 4.35. The Balaban J connectivity index is 1.69. The molecule has 1 aromatic rings. The number of alkyl halides is 1. The predicted molar refractivity (Wildman–Crippen MR) is 139 cm³/mol. The van der Waals surface area contributed by atoms with Crippen molar-refractivity contribution in [2.75, 3.05) is 32.7 Å². The number of hydrazone groups is 1. The number of hydrogen-bond acceptors (Lipinski definition) is 8. The first-order valence-electron chi connectivity index (χ1n) is 12.0. The van der Waals surface area contributed by atoms with Gasteiger partial charge in [0.05, 0.1) is 6.54 Å². The van der Waals surface area contributed by atoms with E-state index in [9.17, 15) is 18.4 Å². The van der Waals surface area contributed by atoms with E-state index < -0.39 is 17.4 Å². The van der Waals surface area contributed by atoms with Crippen LogP contribution in [0.4, 0.5) is 8.78 Å². The molecule has 1 aliphatic heterocycles. The summed E-state index contributed by atoms with van der Waals surface area (Å²) in [5, 5.41) is 12.2. The van der Waals surface area contributed by atoms with Crippen molar-refractivity contribution in [3.63, 3.8) is 0 Å². The number of nitrogens with zero attached hydrogens (tertiary/aromatic N) is 4. The van der Waals surface area contributed by atoms with Gasteiger partial charge in [0.2, 0.25) is 5.91 Å². The zero-order chi connectivity index (χ0) is 27.6. The largest absolute Gasteiger partial charge is 0.393 e. The fraction of sp³-hybridized carbons (Fsp3) is 0.480. The van der Waals surface area contributed by atoms with E-state index in [0.717, 1.165) is 5.56 Å². The third-order valence-corrected chi connectivity index (χ3v) is 5.60. The van der Waals surface area contributed by atoms with Crippen LogP contribution in [0.2, 0.25) is 0 Å². The number of nitrogens with two attached hydrogens (primary N) is 2. The number of likely N-dealkylation sites (tertiary alicyclic amines) is 1. The summed E-state index contributed by atoms with van der Waals surface area (Å²) >= 11 is 0. The van der Waals surface area contributed by atoms with E-state index in [0.29, 0.717) is 37.2 Å². The molecule has 37 heavy (non-hydrogen) atoms. The summed E-state index contributed by atoms with van der Waals surface area (Å²) in [6, 6.07) is 4.66. The van der Waals surface area contributed by atoms with Gasteiger partial charge in [-0.1, -0.05) is 17.7 Å². The minimum atomic E-state index is -1.22. The molecule has 10 nitrogen and oxygen atoms in total. The fourth-order valence-electron chi connectivity index (χ4n) is 3.88. The Morgan fingerprint density at radius 1 is 1.27 bits per heavy atom. The molecule has 0 saturated carbocycles. The lowest BCUT2D eigenvalue weighted by Crippen LogP contribution is -2.59. The van der Waals surface area contributed by atoms with E-state index in [1.165, 1.54) is 24.2 Å². The molecule has 6 N–H and O–H groups in total. The number of hydrazine groups is 1. The van der Waals surface area contributed by atoms with Crippen LogP contribution >= 0.6 is 0 Å². The summed E-state index contributed by atoms with van der Waals surface area (Å²) in [6.45, 7) is 10.2. The van der Waals surface area contributed by atoms with Gasteiger partial charge in [0.15, 0.2) is 0 Å². The summed E-state index contributed by atoms with van der Waals surface area (Å²) < 4.78 is 27.4. The first-order valence-corrected chi connectivity index (χ1v) is 12.0. The highest BCUT2D eigenvalue weighted by Gasteiger charge is 2.39. The zero-order valence-corrected chi connectivity index (χ0v) is 21.8. The molecule has 0 aromatic heterocycles. The number of nitrogens with one attached hydrogen (secondary N) is 2. The van der Waals surface area contributed by atoms with Crippen LogP contribution < -0.4 is 22.2 Å². The molecule has 0 spiro atoms. The van der Waals surface area contributed by atoms with Gasteiger partial charge in [-0.15, -0.1) is 0 Å². The van der Waals surface area contributed by atoms with Crippen LogP contribution in [0, 0.1) is 12.7 Å². The molecule has 1 aliphatic rings. The predicted octanol–water partition coefficient (Wildman–Crippen LogP) is 1.45. The Morgan fingerprint density at radius 2 is 1.95 bits per heavy atom. The third-order valence-electron chi connectivity index (χ3n) is 5.60. The van der Waals surface area contributed by atoms with Crippen LogP contribution in [0.1, 0.15) is 37.8 Å². The van der Waals surface area contributed by atoms with E-state index >= 15 is 0 Å². The van der Waals surface area contributed by atoms with Crippen LogP contribution in [0.15, 0.2) is 47.1 Å². The Labute approximate surface area is 217 Å². The quantitative estimate of drug-likeness (QED) is 0.0960. The Hall–Kier alpha value is -3.51. The zero-order valence-electron chi connectivity index (χ0n) is 21.8. The van der Waals surface area contributed by atoms with Gasteiger partial charge in [-0.05, 0) is 39.7 Å². The van der Waals surface area contributed by atoms with Crippen molar-refractivity contribution >= 4 is 18.5 Å². The number of benzene rings is 1. The number of amides is 2. The Kier molecular flexibility index (Phi) is 11.0. The highest BCUT2D eigenvalue weighted by molar-refractivity contribution is 5.92. The smallest absolute Gasteiger partial charge is 0.268 e. The highest BCUT2D eigenvalue weighted by Crippen LogP contribution is 2.23. The number of allylic oxidation sites excluding steroid dienone is 1. The minimum absolute atomic E-state index is 0.0124. The molecule has 2 amide bonds. The number of carbonyl (C=O) groups excluding carboxylic acids is 2. The minimum Gasteiger partial charge on any atom is -0.393 e. The van der Waals surface area contributed by atoms with E-state index in [4.69, 9.17) is 11.6 Å². The van der Waals surface area contributed by atoms with Crippen molar-refractivity contribution < 1.29 is 18.4 Å². The van der Waals surface area contributed by atoms with Crippen molar-refractivity contribution in [3.8, 4) is 0 Å². The normalized spacial score (nSPS) is 15.5. The van der Waals surface area contributed by atoms with E-state index in [-0.39, 0.29) is 37.8 Å². The SMILES string of the molecule is C=NN(/C=C(\C)NC(=O)CN1CC(C)(F)C1)CCCCN(N)/C=C(\N)C(=O)NCc1cc(C)ccc1F. The Morgan fingerprint density at radius 3 is 2.59 bits per heavy atom. The molecule has 0 bridgehead atoms. The van der Waals surface area contributed by atoms with E-state index in [2.05, 4.69) is 22.5 Å². The Bertz CT molecular complexity index is 1020. The number of unbranched alkanes of at least 4 members (excludes halogenated alkanes) is 1. The maximum absolute atomic E-state index is 13.8. The molecule has 1 saturated heterocycles. The average molecular weight is 521 g/mol. The molecule has 1 heterocycles. The molecular formula is C25H38F2N8O2. The topological polar surface area (TPSA) is 132 Å². The van der Waals surface area contributed by atoms with Crippen molar-refractivity contribution in [2.45, 2.75) is 45.8 Å². The summed E-state index contributed by atoms with van der Waals surface area (Å²) in [7, 11) is 0. The number of hydrogen-bond donors (Lipinski definition) is 4. The molecule has 0 aliphatic carbocycles. The molecular weight excluding hydrogens is 482 g/mol. The molecule has 0 radical (unpaired) electrons. The van der Waals surface area contributed by atoms with Crippen molar-refractivity contribution in [3.05, 3.63) is 58.9 Å². The molecule has 1 aromatic carbocycles. The van der Waals surface area contributed by atoms with E-state index in [1.807, 2.05) is 6.92 Å². The maximum atomic E-state index is 13.8. The molecule has 12 heteroatoms. The van der Waals surface area contributed by atoms with Gasteiger partial charge in [0.1, 0.15) is 17.2 Å². The monoisotopic (exact) mass is 520 g/mol. The molecule has 1 fully saturated rings. The number of halogens is 2. The van der Waals surface area contributed by atoms with Crippen LogP contribution in [0.5, 0.6) is 0 Å². The van der Waals surface area contributed by atoms with Gasteiger partial charge < -0.3 is 21.4 Å². The van der Waals surface area contributed by atoms with Gasteiger partial charge in [0.25, 0.3) is 5.91 Å². The van der Waals surface area contributed by atoms with Gasteiger partial charge >= 0.3 is 0 Å². The van der Waals surface area contributed by atoms with Gasteiger partial charge in [-0.25, -0.2) is 14.6 Å². The lowest BCUT2D eigenvalue weighted by atomic mass is 9.99. The second kappa shape index (κ2) is 13.7. The average Bonchev–Trinajstić information content (AvgIpc) is 2.79. The number of rotatable bonds is 14. The summed E-state index contributed by atoms with van der Waals surface area (Å²) in [5.74, 6) is 4.76. The summed E-state index contributed by atoms with van der Waals surface area (Å²) in [5.41, 5.74) is 6.35. The second-order valence-electron chi connectivity index (χ2n) is 9.53. The van der Waals surface area contributed by atoms with Crippen LogP contribution in [0.3, 0.4) is 0 Å². The lowest BCUT2D eigenvalue weighted by molar-refractivity contribution is -0.125. The standard InChI is InChI=1S/C25H38F2N8O2/c1-18-7-8-21(26)20(11-18)12-31-24(37)22(28)14-34(29)9-5-6-10-35(30-4)13-19(2)32-23(36)15-33-16-25(3,27)17-33/h7-8,11,13-14H,4-6,9-10,12,15-17,28-29H2,1-3H3,(H,31,37)(H,32,36)/b19-13+,22-14-. The maximum Gasteiger partial charge on any atom is 0.268 e.